The largest absolute Gasteiger partial charge is 0.252 e. The van der Waals surface area contributed by atoms with Crippen molar-refractivity contribution in [3.63, 3.8) is 0 Å². The Morgan fingerprint density at radius 2 is 2.11 bits per heavy atom. The Balaban J connectivity index is 3.18. The predicted octanol–water partition coefficient (Wildman–Crippen LogP) is 1.13. The van der Waals surface area contributed by atoms with Crippen molar-refractivity contribution < 1.29 is 20.3 Å². The van der Waals surface area contributed by atoms with Crippen molar-refractivity contribution in [1.29, 1.82) is 0 Å². The molecule has 4 heteroatoms. The monoisotopic (exact) mass is 136 g/mol. The van der Waals surface area contributed by atoms with Crippen molar-refractivity contribution in [2.45, 2.75) is 25.9 Å². The molecule has 0 aliphatic carbocycles. The van der Waals surface area contributed by atoms with E-state index in [-0.39, 0.29) is 6.61 Å². The first kappa shape index (κ1) is 8.84. The molecular weight excluding hydrogens is 124 g/mol. The average molecular weight is 136 g/mol. The normalized spacial score (nSPS) is 13.7. The molecule has 0 fully saturated rings. The number of hydrogen-bond acceptors (Lipinski definition) is 4. The van der Waals surface area contributed by atoms with Crippen LogP contribution in [0.1, 0.15) is 19.8 Å². The van der Waals surface area contributed by atoms with Crippen LogP contribution in [0.3, 0.4) is 0 Å². The molecule has 0 aliphatic heterocycles. The minimum atomic E-state index is -0.403. The summed E-state index contributed by atoms with van der Waals surface area (Å²) in [7, 11) is 0. The molecular formula is C5H12O4. The molecule has 56 valence electrons. The first-order valence-corrected chi connectivity index (χ1v) is 2.91. The first-order chi connectivity index (χ1) is 4.35. The zero-order valence-corrected chi connectivity index (χ0v) is 5.41. The van der Waals surface area contributed by atoms with Gasteiger partial charge in [-0.2, -0.15) is 0 Å². The average Bonchev–Trinajstić information content (AvgIpc) is 1.88. The lowest BCUT2D eigenvalue weighted by Crippen LogP contribution is -2.16. The number of hydrogen-bond donors (Lipinski definition) is 2. The summed E-state index contributed by atoms with van der Waals surface area (Å²) in [5.74, 6) is 0. The second kappa shape index (κ2) is 5.97. The van der Waals surface area contributed by atoms with Gasteiger partial charge in [-0.3, -0.25) is 10.5 Å². The molecule has 0 saturated heterocycles. The van der Waals surface area contributed by atoms with E-state index in [4.69, 9.17) is 10.5 Å². The van der Waals surface area contributed by atoms with Gasteiger partial charge in [-0.05, 0) is 6.42 Å². The van der Waals surface area contributed by atoms with Gasteiger partial charge in [0.1, 0.15) is 12.7 Å². The van der Waals surface area contributed by atoms with Crippen molar-refractivity contribution in [3.8, 4) is 0 Å². The maximum atomic E-state index is 8.10. The van der Waals surface area contributed by atoms with E-state index >= 15 is 0 Å². The van der Waals surface area contributed by atoms with E-state index in [2.05, 4.69) is 9.78 Å². The van der Waals surface area contributed by atoms with Crippen LogP contribution in [0.15, 0.2) is 0 Å². The van der Waals surface area contributed by atoms with Gasteiger partial charge >= 0.3 is 0 Å². The molecule has 0 aliphatic rings. The summed E-state index contributed by atoms with van der Waals surface area (Å²) in [6, 6.07) is 0. The third-order valence-corrected chi connectivity index (χ3v) is 1.02. The molecule has 0 aromatic heterocycles. The van der Waals surface area contributed by atoms with Crippen LogP contribution in [0.2, 0.25) is 0 Å². The van der Waals surface area contributed by atoms with E-state index in [1.807, 2.05) is 6.92 Å². The predicted molar refractivity (Wildman–Crippen MR) is 31.0 cm³/mol. The van der Waals surface area contributed by atoms with Crippen LogP contribution in [-0.4, -0.2) is 23.2 Å². The van der Waals surface area contributed by atoms with E-state index in [1.54, 1.807) is 0 Å². The second-order valence-electron chi connectivity index (χ2n) is 1.81. The van der Waals surface area contributed by atoms with Crippen molar-refractivity contribution >= 4 is 0 Å². The zero-order chi connectivity index (χ0) is 7.11. The summed E-state index contributed by atoms with van der Waals surface area (Å²) in [6.45, 7) is 1.97. The molecule has 0 aromatic carbocycles. The molecule has 0 bridgehead atoms. The van der Waals surface area contributed by atoms with E-state index in [0.29, 0.717) is 6.42 Å². The second-order valence-corrected chi connectivity index (χ2v) is 1.81. The maximum absolute atomic E-state index is 8.10. The fourth-order valence-electron chi connectivity index (χ4n) is 0.572. The minimum absolute atomic E-state index is 0.0182. The van der Waals surface area contributed by atoms with Gasteiger partial charge in [0.15, 0.2) is 0 Å². The first-order valence-electron chi connectivity index (χ1n) is 2.91. The van der Waals surface area contributed by atoms with Gasteiger partial charge in [-0.1, -0.05) is 13.3 Å². The van der Waals surface area contributed by atoms with Gasteiger partial charge in [0, 0.05) is 0 Å². The van der Waals surface area contributed by atoms with Crippen LogP contribution in [0, 0.1) is 0 Å². The summed E-state index contributed by atoms with van der Waals surface area (Å²) in [5, 5.41) is 16.0. The molecule has 0 heterocycles. The molecule has 1 atom stereocenters. The van der Waals surface area contributed by atoms with Crippen LogP contribution in [0.4, 0.5) is 0 Å². The van der Waals surface area contributed by atoms with Crippen molar-refractivity contribution in [1.82, 2.24) is 0 Å². The lowest BCUT2D eigenvalue weighted by Gasteiger charge is -2.07. The van der Waals surface area contributed by atoms with Gasteiger partial charge < -0.3 is 0 Å². The zero-order valence-electron chi connectivity index (χ0n) is 5.41. The highest BCUT2D eigenvalue weighted by Gasteiger charge is 2.06. The van der Waals surface area contributed by atoms with Crippen LogP contribution in [-0.2, 0) is 9.78 Å². The fourth-order valence-corrected chi connectivity index (χ4v) is 0.572. The molecule has 0 spiro atoms. The highest BCUT2D eigenvalue weighted by Crippen LogP contribution is 1.99. The van der Waals surface area contributed by atoms with Crippen LogP contribution in [0.25, 0.3) is 0 Å². The highest BCUT2D eigenvalue weighted by atomic mass is 17.1. The quantitative estimate of drug-likeness (QED) is 0.439. The van der Waals surface area contributed by atoms with Gasteiger partial charge in [0.25, 0.3) is 0 Å². The maximum Gasteiger partial charge on any atom is 0.119 e. The smallest absolute Gasteiger partial charge is 0.119 e. The summed E-state index contributed by atoms with van der Waals surface area (Å²) >= 11 is 0. The van der Waals surface area contributed by atoms with Crippen molar-refractivity contribution in [2.24, 2.45) is 0 Å². The van der Waals surface area contributed by atoms with Crippen LogP contribution >= 0.6 is 0 Å². The molecule has 2 N–H and O–H groups in total. The molecule has 9 heavy (non-hydrogen) atoms. The summed E-state index contributed by atoms with van der Waals surface area (Å²) in [4.78, 5) is 7.71. The Morgan fingerprint density at radius 3 is 2.44 bits per heavy atom. The van der Waals surface area contributed by atoms with Gasteiger partial charge in [0.05, 0.1) is 0 Å². The van der Waals surface area contributed by atoms with Crippen molar-refractivity contribution in [3.05, 3.63) is 0 Å². The van der Waals surface area contributed by atoms with E-state index in [9.17, 15) is 0 Å². The standard InChI is InChI=1S/C5H12O4/c1-2-3-5(9-7)4-8-6/h5-7H,2-4H2,1H3. The molecule has 4 nitrogen and oxygen atoms in total. The highest BCUT2D eigenvalue weighted by molar-refractivity contribution is 4.50. The van der Waals surface area contributed by atoms with Crippen LogP contribution in [0.5, 0.6) is 0 Å². The van der Waals surface area contributed by atoms with Crippen LogP contribution < -0.4 is 0 Å². The Kier molecular flexibility index (Phi) is 5.86. The lowest BCUT2D eigenvalue weighted by molar-refractivity contribution is -0.327. The molecule has 0 saturated carbocycles. The van der Waals surface area contributed by atoms with Gasteiger partial charge in [-0.15, -0.1) is 0 Å². The fraction of sp³-hybridized carbons (Fsp3) is 1.00. The Labute approximate surface area is 53.9 Å². The molecule has 0 aromatic rings. The molecule has 0 radical (unpaired) electrons. The van der Waals surface area contributed by atoms with E-state index in [1.165, 1.54) is 0 Å². The molecule has 1 unspecified atom stereocenters. The Bertz CT molecular complexity index is 50.9. The third-order valence-electron chi connectivity index (χ3n) is 1.02. The summed E-state index contributed by atoms with van der Waals surface area (Å²) in [5.41, 5.74) is 0. The van der Waals surface area contributed by atoms with E-state index in [0.717, 1.165) is 6.42 Å². The van der Waals surface area contributed by atoms with Gasteiger partial charge in [0.2, 0.25) is 0 Å². The summed E-state index contributed by atoms with van der Waals surface area (Å²) in [6.07, 6.45) is 1.16. The molecule has 0 rings (SSSR count). The van der Waals surface area contributed by atoms with Crippen molar-refractivity contribution in [2.75, 3.05) is 6.61 Å². The Hall–Kier alpha value is -0.160. The van der Waals surface area contributed by atoms with Gasteiger partial charge in [-0.25, -0.2) is 9.78 Å². The minimum Gasteiger partial charge on any atom is -0.252 e. The Morgan fingerprint density at radius 1 is 1.44 bits per heavy atom. The lowest BCUT2D eigenvalue weighted by atomic mass is 10.2. The topological polar surface area (TPSA) is 58.9 Å². The summed E-state index contributed by atoms with van der Waals surface area (Å²) < 4.78 is 0. The SMILES string of the molecule is CCCC(COO)OO. The number of rotatable bonds is 5. The third kappa shape index (κ3) is 4.35. The van der Waals surface area contributed by atoms with E-state index < -0.39 is 6.10 Å². The molecule has 0 amide bonds.